The van der Waals surface area contributed by atoms with Gasteiger partial charge in [-0.25, -0.2) is 4.98 Å². The second-order valence-corrected chi connectivity index (χ2v) is 6.29. The number of aromatic nitrogens is 1. The van der Waals surface area contributed by atoms with Gasteiger partial charge in [-0.05, 0) is 49.2 Å². The Labute approximate surface area is 148 Å². The molecule has 0 saturated carbocycles. The number of hydrogen-bond acceptors (Lipinski definition) is 3. The Morgan fingerprint density at radius 2 is 1.76 bits per heavy atom. The highest BCUT2D eigenvalue weighted by Gasteiger charge is 2.13. The molecule has 4 heteroatoms. The van der Waals surface area contributed by atoms with Crippen LogP contribution in [0.1, 0.15) is 21.6 Å². The molecule has 128 valence electrons. The van der Waals surface area contributed by atoms with Crippen LogP contribution in [0.5, 0.6) is 5.75 Å². The number of nitrogens with zero attached hydrogens (tertiary/aromatic N) is 2. The van der Waals surface area contributed by atoms with Crippen molar-refractivity contribution in [1.29, 1.82) is 0 Å². The molecule has 1 heterocycles. The highest BCUT2D eigenvalue weighted by atomic mass is 16.5. The van der Waals surface area contributed by atoms with Gasteiger partial charge < -0.3 is 9.64 Å². The first-order valence-electron chi connectivity index (χ1n) is 8.35. The Morgan fingerprint density at radius 1 is 1.04 bits per heavy atom. The third-order valence-electron chi connectivity index (χ3n) is 4.05. The summed E-state index contributed by atoms with van der Waals surface area (Å²) in [4.78, 5) is 18.6. The maximum atomic E-state index is 12.5. The highest BCUT2D eigenvalue weighted by molar-refractivity contribution is 5.94. The molecule has 3 rings (SSSR count). The van der Waals surface area contributed by atoms with Gasteiger partial charge in [-0.15, -0.1) is 0 Å². The number of aryl methyl sites for hydroxylation is 2. The Kier molecular flexibility index (Phi) is 4.98. The van der Waals surface area contributed by atoms with Crippen molar-refractivity contribution in [3.63, 3.8) is 0 Å². The molecule has 0 fully saturated rings. The zero-order chi connectivity index (χ0) is 17.8. The van der Waals surface area contributed by atoms with Crippen LogP contribution in [0.2, 0.25) is 0 Å². The molecule has 0 N–H and O–H groups in total. The average molecular weight is 334 g/mol. The van der Waals surface area contributed by atoms with Crippen LogP contribution < -0.4 is 4.74 Å². The fourth-order valence-electron chi connectivity index (χ4n) is 2.80. The molecule has 0 saturated heterocycles. The summed E-state index contributed by atoms with van der Waals surface area (Å²) in [6.07, 6.45) is 0. The van der Waals surface area contributed by atoms with E-state index in [1.165, 1.54) is 11.1 Å². The van der Waals surface area contributed by atoms with Crippen LogP contribution in [0.4, 0.5) is 0 Å². The second kappa shape index (κ2) is 7.34. The lowest BCUT2D eigenvalue weighted by Crippen LogP contribution is -2.31. The van der Waals surface area contributed by atoms with Crippen molar-refractivity contribution in [2.75, 3.05) is 20.2 Å². The lowest BCUT2D eigenvalue weighted by Gasteiger charge is -2.17. The van der Waals surface area contributed by atoms with Crippen molar-refractivity contribution in [2.24, 2.45) is 0 Å². The number of para-hydroxylation sites is 1. The maximum absolute atomic E-state index is 12.5. The van der Waals surface area contributed by atoms with Crippen molar-refractivity contribution in [1.82, 2.24) is 9.88 Å². The lowest BCUT2D eigenvalue weighted by atomic mass is 10.1. The second-order valence-electron chi connectivity index (χ2n) is 6.29. The van der Waals surface area contributed by atoms with Crippen LogP contribution in [0.3, 0.4) is 0 Å². The number of fused-ring (bicyclic) bond motifs is 1. The molecule has 3 aromatic rings. The highest BCUT2D eigenvalue weighted by Crippen LogP contribution is 2.16. The summed E-state index contributed by atoms with van der Waals surface area (Å²) in [7, 11) is 1.77. The molecular weight excluding hydrogens is 312 g/mol. The van der Waals surface area contributed by atoms with Crippen molar-refractivity contribution < 1.29 is 9.53 Å². The molecule has 2 aromatic carbocycles. The van der Waals surface area contributed by atoms with E-state index < -0.39 is 0 Å². The number of benzene rings is 2. The van der Waals surface area contributed by atoms with E-state index in [1.807, 2.05) is 56.3 Å². The Morgan fingerprint density at radius 3 is 2.52 bits per heavy atom. The third kappa shape index (κ3) is 4.15. The quantitative estimate of drug-likeness (QED) is 0.708. The van der Waals surface area contributed by atoms with Gasteiger partial charge in [-0.2, -0.15) is 0 Å². The summed E-state index contributed by atoms with van der Waals surface area (Å²) in [5.41, 5.74) is 3.61. The number of pyridine rings is 1. The minimum absolute atomic E-state index is 0.102. The van der Waals surface area contributed by atoms with Crippen LogP contribution in [0, 0.1) is 13.8 Å². The zero-order valence-electron chi connectivity index (χ0n) is 14.8. The van der Waals surface area contributed by atoms with E-state index in [2.05, 4.69) is 11.1 Å². The molecule has 0 aliphatic heterocycles. The van der Waals surface area contributed by atoms with Gasteiger partial charge in [0.15, 0.2) is 0 Å². The largest absolute Gasteiger partial charge is 0.492 e. The minimum Gasteiger partial charge on any atom is -0.492 e. The number of carbonyl (C=O) groups is 1. The Hall–Kier alpha value is -2.88. The lowest BCUT2D eigenvalue weighted by molar-refractivity contribution is 0.0768. The number of carbonyl (C=O) groups excluding carboxylic acids is 1. The molecular formula is C21H22N2O2. The molecule has 0 aliphatic rings. The summed E-state index contributed by atoms with van der Waals surface area (Å²) < 4.78 is 5.78. The molecule has 0 spiro atoms. The molecule has 25 heavy (non-hydrogen) atoms. The van der Waals surface area contributed by atoms with Crippen LogP contribution in [-0.2, 0) is 0 Å². The van der Waals surface area contributed by atoms with Crippen LogP contribution in [0.25, 0.3) is 10.9 Å². The van der Waals surface area contributed by atoms with Crippen LogP contribution in [-0.4, -0.2) is 36.0 Å². The molecule has 1 aromatic heterocycles. The maximum Gasteiger partial charge on any atom is 0.272 e. The molecule has 0 atom stereocenters. The van der Waals surface area contributed by atoms with Gasteiger partial charge in [-0.1, -0.05) is 30.3 Å². The minimum atomic E-state index is -0.102. The van der Waals surface area contributed by atoms with E-state index in [0.29, 0.717) is 18.8 Å². The van der Waals surface area contributed by atoms with Gasteiger partial charge in [0, 0.05) is 12.4 Å². The molecule has 1 amide bonds. The van der Waals surface area contributed by atoms with E-state index in [9.17, 15) is 4.79 Å². The van der Waals surface area contributed by atoms with Crippen molar-refractivity contribution in [2.45, 2.75) is 13.8 Å². The van der Waals surface area contributed by atoms with E-state index in [-0.39, 0.29) is 5.91 Å². The number of ether oxygens (including phenoxy) is 1. The molecule has 0 bridgehead atoms. The molecule has 0 radical (unpaired) electrons. The van der Waals surface area contributed by atoms with Crippen molar-refractivity contribution in [3.8, 4) is 5.75 Å². The first kappa shape index (κ1) is 17.0. The SMILES string of the molecule is Cc1cc(C)cc(OCCN(C)C(=O)c2ccc3ccccc3n2)c1. The molecule has 0 aliphatic carbocycles. The van der Waals surface area contributed by atoms with Gasteiger partial charge in [0.2, 0.25) is 0 Å². The standard InChI is InChI=1S/C21H22N2O2/c1-15-12-16(2)14-18(13-15)25-11-10-23(3)21(24)20-9-8-17-6-4-5-7-19(17)22-20/h4-9,12-14H,10-11H2,1-3H3. The topological polar surface area (TPSA) is 42.4 Å². The Bertz CT molecular complexity index is 885. The third-order valence-corrected chi connectivity index (χ3v) is 4.05. The summed E-state index contributed by atoms with van der Waals surface area (Å²) in [6.45, 7) is 5.03. The van der Waals surface area contributed by atoms with E-state index in [1.54, 1.807) is 18.0 Å². The average Bonchev–Trinajstić information content (AvgIpc) is 2.59. The summed E-state index contributed by atoms with van der Waals surface area (Å²) >= 11 is 0. The van der Waals surface area contributed by atoms with Crippen LogP contribution in [0.15, 0.2) is 54.6 Å². The number of amides is 1. The van der Waals surface area contributed by atoms with Crippen molar-refractivity contribution in [3.05, 3.63) is 71.4 Å². The van der Waals surface area contributed by atoms with E-state index in [0.717, 1.165) is 16.7 Å². The molecule has 0 unspecified atom stereocenters. The van der Waals surface area contributed by atoms with Crippen molar-refractivity contribution >= 4 is 16.8 Å². The van der Waals surface area contributed by atoms with Gasteiger partial charge in [0.1, 0.15) is 18.1 Å². The molecule has 4 nitrogen and oxygen atoms in total. The van der Waals surface area contributed by atoms with Gasteiger partial charge in [0.05, 0.1) is 12.1 Å². The Balaban J connectivity index is 1.61. The van der Waals surface area contributed by atoms with E-state index in [4.69, 9.17) is 4.74 Å². The summed E-state index contributed by atoms with van der Waals surface area (Å²) in [5.74, 6) is 0.733. The zero-order valence-corrected chi connectivity index (χ0v) is 14.8. The first-order valence-corrected chi connectivity index (χ1v) is 8.35. The predicted molar refractivity (Wildman–Crippen MR) is 100 cm³/mol. The van der Waals surface area contributed by atoms with Crippen LogP contribution >= 0.6 is 0 Å². The van der Waals surface area contributed by atoms with Gasteiger partial charge in [-0.3, -0.25) is 4.79 Å². The summed E-state index contributed by atoms with van der Waals surface area (Å²) in [5, 5.41) is 1.03. The first-order chi connectivity index (χ1) is 12.0. The summed E-state index contributed by atoms with van der Waals surface area (Å²) in [6, 6.07) is 17.6. The van der Waals surface area contributed by atoms with Gasteiger partial charge >= 0.3 is 0 Å². The fourth-order valence-corrected chi connectivity index (χ4v) is 2.80. The smallest absolute Gasteiger partial charge is 0.272 e. The monoisotopic (exact) mass is 334 g/mol. The van der Waals surface area contributed by atoms with E-state index >= 15 is 0 Å². The number of rotatable bonds is 5. The number of likely N-dealkylation sites (N-methyl/N-ethyl adjacent to an activating group) is 1. The van der Waals surface area contributed by atoms with Gasteiger partial charge in [0.25, 0.3) is 5.91 Å². The normalized spacial score (nSPS) is 10.7. The number of hydrogen-bond donors (Lipinski definition) is 0. The fraction of sp³-hybridized carbons (Fsp3) is 0.238. The predicted octanol–water partition coefficient (Wildman–Crippen LogP) is 4.00.